The van der Waals surface area contributed by atoms with Gasteiger partial charge in [-0.15, -0.1) is 0 Å². The molecule has 3 aromatic carbocycles. The van der Waals surface area contributed by atoms with Gasteiger partial charge in [-0.05, 0) is 77.3 Å². The fourth-order valence-electron chi connectivity index (χ4n) is 3.07. The van der Waals surface area contributed by atoms with Crippen LogP contribution in [-0.2, 0) is 19.6 Å². The molecule has 0 radical (unpaired) electrons. The van der Waals surface area contributed by atoms with Crippen molar-refractivity contribution < 1.29 is 13.9 Å². The highest BCUT2D eigenvalue weighted by Crippen LogP contribution is 2.37. The Hall–Kier alpha value is -1.79. The second-order valence-corrected chi connectivity index (χ2v) is 8.58. The summed E-state index contributed by atoms with van der Waals surface area (Å²) in [7, 11) is 0. The molecular formula is C24H23BrCl2FNO2. The Morgan fingerprint density at radius 3 is 2.55 bits per heavy atom. The van der Waals surface area contributed by atoms with Gasteiger partial charge in [-0.25, -0.2) is 4.39 Å². The molecule has 3 nitrogen and oxygen atoms in total. The van der Waals surface area contributed by atoms with E-state index in [4.69, 9.17) is 32.7 Å². The summed E-state index contributed by atoms with van der Waals surface area (Å²) in [5.41, 5.74) is 2.57. The summed E-state index contributed by atoms with van der Waals surface area (Å²) >= 11 is 15.7. The minimum absolute atomic E-state index is 0.116. The Kier molecular flexibility index (Phi) is 9.02. The highest BCUT2D eigenvalue weighted by Gasteiger charge is 2.14. The summed E-state index contributed by atoms with van der Waals surface area (Å²) in [5, 5.41) is 4.72. The van der Waals surface area contributed by atoms with Crippen LogP contribution in [0.1, 0.15) is 23.6 Å². The van der Waals surface area contributed by atoms with Crippen LogP contribution in [0.15, 0.2) is 59.1 Å². The minimum Gasteiger partial charge on any atom is -0.490 e. The molecule has 7 heteroatoms. The van der Waals surface area contributed by atoms with Crippen LogP contribution in [0.4, 0.5) is 4.39 Å². The minimum atomic E-state index is -0.293. The molecule has 164 valence electrons. The average molecular weight is 527 g/mol. The van der Waals surface area contributed by atoms with Gasteiger partial charge in [0, 0.05) is 22.2 Å². The van der Waals surface area contributed by atoms with Gasteiger partial charge in [0.25, 0.3) is 0 Å². The van der Waals surface area contributed by atoms with Crippen LogP contribution in [0.25, 0.3) is 0 Å². The Balaban J connectivity index is 1.63. The Morgan fingerprint density at radius 1 is 1.00 bits per heavy atom. The Labute approximate surface area is 200 Å². The number of benzene rings is 3. The maximum atomic E-state index is 13.9. The molecule has 3 aromatic rings. The molecule has 0 spiro atoms. The summed E-state index contributed by atoms with van der Waals surface area (Å²) < 4.78 is 26.3. The molecule has 0 saturated heterocycles. The van der Waals surface area contributed by atoms with E-state index in [9.17, 15) is 4.39 Å². The fraction of sp³-hybridized carbons (Fsp3) is 0.250. The van der Waals surface area contributed by atoms with Gasteiger partial charge in [0.15, 0.2) is 11.5 Å². The van der Waals surface area contributed by atoms with Gasteiger partial charge in [-0.2, -0.15) is 0 Å². The second-order valence-electron chi connectivity index (χ2n) is 6.88. The summed E-state index contributed by atoms with van der Waals surface area (Å²) in [6, 6.07) is 16.0. The van der Waals surface area contributed by atoms with Gasteiger partial charge in [0.05, 0.1) is 11.1 Å². The number of hydrogen-bond donors (Lipinski definition) is 1. The van der Waals surface area contributed by atoms with E-state index in [2.05, 4.69) is 21.2 Å². The van der Waals surface area contributed by atoms with Crippen molar-refractivity contribution in [1.82, 2.24) is 5.32 Å². The molecule has 0 heterocycles. The van der Waals surface area contributed by atoms with Crippen molar-refractivity contribution in [2.75, 3.05) is 13.2 Å². The van der Waals surface area contributed by atoms with Crippen LogP contribution in [0.3, 0.4) is 0 Å². The molecule has 1 N–H and O–H groups in total. The van der Waals surface area contributed by atoms with Gasteiger partial charge in [0.1, 0.15) is 12.4 Å². The zero-order chi connectivity index (χ0) is 22.2. The maximum Gasteiger partial charge on any atom is 0.175 e. The monoisotopic (exact) mass is 525 g/mol. The van der Waals surface area contributed by atoms with Crippen LogP contribution >= 0.6 is 39.1 Å². The average Bonchev–Trinajstić information content (AvgIpc) is 2.73. The molecule has 31 heavy (non-hydrogen) atoms. The van der Waals surface area contributed by atoms with E-state index in [1.165, 1.54) is 6.07 Å². The number of nitrogens with one attached hydrogen (secondary N) is 1. The lowest BCUT2D eigenvalue weighted by molar-refractivity contribution is 0.264. The fourth-order valence-corrected chi connectivity index (χ4v) is 4.18. The molecule has 3 rings (SSSR count). The van der Waals surface area contributed by atoms with Crippen LogP contribution in [0.2, 0.25) is 10.0 Å². The standard InChI is InChI=1S/C24H23BrCl2FNO2/c1-2-30-23-12-16(14-29-10-9-17-7-8-19(26)13-21(17)27)11-20(25)24(23)31-15-18-5-3-4-6-22(18)28/h3-8,11-13,29H,2,9-10,14-15H2,1H3. The zero-order valence-electron chi connectivity index (χ0n) is 17.1. The SMILES string of the molecule is CCOc1cc(CNCCc2ccc(Cl)cc2Cl)cc(Br)c1OCc1ccccc1F. The maximum absolute atomic E-state index is 13.9. The van der Waals surface area contributed by atoms with E-state index in [0.717, 1.165) is 28.6 Å². The first kappa shape index (κ1) is 23.9. The van der Waals surface area contributed by atoms with Crippen molar-refractivity contribution in [2.24, 2.45) is 0 Å². The van der Waals surface area contributed by atoms with E-state index < -0.39 is 0 Å². The zero-order valence-corrected chi connectivity index (χ0v) is 20.2. The topological polar surface area (TPSA) is 30.5 Å². The number of rotatable bonds is 10. The van der Waals surface area contributed by atoms with Crippen LogP contribution in [0, 0.1) is 5.82 Å². The van der Waals surface area contributed by atoms with Crippen molar-refractivity contribution >= 4 is 39.1 Å². The molecule has 0 aliphatic rings. The van der Waals surface area contributed by atoms with Gasteiger partial charge in [-0.1, -0.05) is 47.5 Å². The third kappa shape index (κ3) is 6.84. The third-order valence-electron chi connectivity index (χ3n) is 4.61. The Bertz CT molecular complexity index is 1030. The van der Waals surface area contributed by atoms with Crippen molar-refractivity contribution in [2.45, 2.75) is 26.5 Å². The second kappa shape index (κ2) is 11.7. The molecule has 0 aliphatic carbocycles. The molecule has 0 atom stereocenters. The van der Waals surface area contributed by atoms with Crippen LogP contribution in [-0.4, -0.2) is 13.2 Å². The van der Waals surface area contributed by atoms with Crippen molar-refractivity contribution in [3.63, 3.8) is 0 Å². The number of hydrogen-bond acceptors (Lipinski definition) is 3. The van der Waals surface area contributed by atoms with Crippen LogP contribution in [0.5, 0.6) is 11.5 Å². The molecule has 0 saturated carbocycles. The van der Waals surface area contributed by atoms with Gasteiger partial charge >= 0.3 is 0 Å². The lowest BCUT2D eigenvalue weighted by Gasteiger charge is -2.16. The molecule has 0 unspecified atom stereocenters. The van der Waals surface area contributed by atoms with Crippen molar-refractivity contribution in [3.8, 4) is 11.5 Å². The smallest absolute Gasteiger partial charge is 0.175 e. The first-order valence-corrected chi connectivity index (χ1v) is 11.5. The summed E-state index contributed by atoms with van der Waals surface area (Å²) in [6.45, 7) is 3.93. The quantitative estimate of drug-likeness (QED) is 0.283. The first-order chi connectivity index (χ1) is 15.0. The predicted molar refractivity (Wildman–Crippen MR) is 128 cm³/mol. The van der Waals surface area contributed by atoms with Crippen molar-refractivity contribution in [1.29, 1.82) is 0 Å². The molecule has 0 fully saturated rings. The summed E-state index contributed by atoms with van der Waals surface area (Å²) in [6.07, 6.45) is 0.791. The van der Waals surface area contributed by atoms with E-state index in [0.29, 0.717) is 40.3 Å². The predicted octanol–water partition coefficient (Wildman–Crippen LogP) is 7.21. The first-order valence-electron chi connectivity index (χ1n) is 9.94. The highest BCUT2D eigenvalue weighted by molar-refractivity contribution is 9.10. The Morgan fingerprint density at radius 2 is 1.81 bits per heavy atom. The van der Waals surface area contributed by atoms with Gasteiger partial charge in [0.2, 0.25) is 0 Å². The summed E-state index contributed by atoms with van der Waals surface area (Å²) in [4.78, 5) is 0. The lowest BCUT2D eigenvalue weighted by atomic mass is 10.1. The molecule has 0 amide bonds. The molecular weight excluding hydrogens is 504 g/mol. The largest absolute Gasteiger partial charge is 0.490 e. The van der Waals surface area contributed by atoms with Gasteiger partial charge < -0.3 is 14.8 Å². The van der Waals surface area contributed by atoms with E-state index in [1.807, 2.05) is 31.2 Å². The van der Waals surface area contributed by atoms with Crippen LogP contribution < -0.4 is 14.8 Å². The van der Waals surface area contributed by atoms with Gasteiger partial charge in [-0.3, -0.25) is 0 Å². The molecule has 0 aromatic heterocycles. The third-order valence-corrected chi connectivity index (χ3v) is 5.79. The van der Waals surface area contributed by atoms with E-state index in [-0.39, 0.29) is 12.4 Å². The van der Waals surface area contributed by atoms with E-state index >= 15 is 0 Å². The lowest BCUT2D eigenvalue weighted by Crippen LogP contribution is -2.17. The van der Waals surface area contributed by atoms with Crippen molar-refractivity contribution in [3.05, 3.63) is 91.6 Å². The van der Waals surface area contributed by atoms with E-state index in [1.54, 1.807) is 24.3 Å². The highest BCUT2D eigenvalue weighted by atomic mass is 79.9. The molecule has 0 aliphatic heterocycles. The molecule has 0 bridgehead atoms. The number of halogens is 4. The number of ether oxygens (including phenoxy) is 2. The normalized spacial score (nSPS) is 10.9. The summed E-state index contributed by atoms with van der Waals surface area (Å²) in [5.74, 6) is 0.880.